The lowest BCUT2D eigenvalue weighted by molar-refractivity contribution is -0.155. The largest absolute Gasteiger partial charge is 0.342 e. The van der Waals surface area contributed by atoms with Crippen LogP contribution < -0.4 is 5.32 Å². The molecule has 114 valence electrons. The first-order valence-electron chi connectivity index (χ1n) is 7.56. The summed E-state index contributed by atoms with van der Waals surface area (Å²) >= 11 is 1.94. The molecule has 20 heavy (non-hydrogen) atoms. The molecule has 2 unspecified atom stereocenters. The highest BCUT2D eigenvalue weighted by Crippen LogP contribution is 2.31. The number of amides is 2. The van der Waals surface area contributed by atoms with Crippen LogP contribution in [0, 0.1) is 5.41 Å². The average Bonchev–Trinajstić information content (AvgIpc) is 2.40. The van der Waals surface area contributed by atoms with Crippen molar-refractivity contribution in [2.45, 2.75) is 65.1 Å². The van der Waals surface area contributed by atoms with Gasteiger partial charge in [-0.1, -0.05) is 27.7 Å². The van der Waals surface area contributed by atoms with Gasteiger partial charge < -0.3 is 10.2 Å². The lowest BCUT2D eigenvalue weighted by atomic mass is 9.83. The standard InChI is InChI=1S/C15H26N2O2S/c1-5-11-13(18)16-12(15(2,3)4)14(19)17(11)10-6-8-20-9-7-10/h10-12H,5-9H2,1-4H3,(H,16,18). The molecule has 1 N–H and O–H groups in total. The van der Waals surface area contributed by atoms with Gasteiger partial charge in [0.15, 0.2) is 0 Å². The van der Waals surface area contributed by atoms with Crippen LogP contribution in [-0.4, -0.2) is 46.3 Å². The molecule has 2 rings (SSSR count). The first-order valence-corrected chi connectivity index (χ1v) is 8.72. The Morgan fingerprint density at radius 3 is 2.35 bits per heavy atom. The number of thioether (sulfide) groups is 1. The Morgan fingerprint density at radius 1 is 1.25 bits per heavy atom. The maximum absolute atomic E-state index is 12.9. The second-order valence-corrected chi connectivity index (χ2v) is 8.05. The van der Waals surface area contributed by atoms with Gasteiger partial charge in [-0.25, -0.2) is 0 Å². The summed E-state index contributed by atoms with van der Waals surface area (Å²) in [5.74, 6) is 2.31. The van der Waals surface area contributed by atoms with E-state index in [1.165, 1.54) is 0 Å². The minimum Gasteiger partial charge on any atom is -0.342 e. The van der Waals surface area contributed by atoms with Gasteiger partial charge in [-0.15, -0.1) is 0 Å². The molecule has 0 bridgehead atoms. The summed E-state index contributed by atoms with van der Waals surface area (Å²) in [6.45, 7) is 8.02. The first-order chi connectivity index (χ1) is 9.36. The summed E-state index contributed by atoms with van der Waals surface area (Å²) in [6.07, 6.45) is 2.71. The zero-order valence-electron chi connectivity index (χ0n) is 12.9. The molecule has 0 aromatic carbocycles. The Bertz CT molecular complexity index is 386. The molecule has 0 aromatic heterocycles. The number of hydrogen-bond acceptors (Lipinski definition) is 3. The number of carbonyl (C=O) groups is 2. The molecule has 0 aromatic rings. The smallest absolute Gasteiger partial charge is 0.246 e. The Hall–Kier alpha value is -0.710. The summed E-state index contributed by atoms with van der Waals surface area (Å²) in [5, 5.41) is 2.94. The number of hydrogen-bond donors (Lipinski definition) is 1. The van der Waals surface area contributed by atoms with E-state index in [2.05, 4.69) is 5.32 Å². The predicted molar refractivity (Wildman–Crippen MR) is 82.7 cm³/mol. The van der Waals surface area contributed by atoms with Crippen molar-refractivity contribution < 1.29 is 9.59 Å². The molecule has 4 nitrogen and oxygen atoms in total. The molecule has 2 aliphatic rings. The highest BCUT2D eigenvalue weighted by Gasteiger charge is 2.46. The Balaban J connectivity index is 2.27. The van der Waals surface area contributed by atoms with Gasteiger partial charge in [0.05, 0.1) is 0 Å². The van der Waals surface area contributed by atoms with Crippen LogP contribution in [0.4, 0.5) is 0 Å². The summed E-state index contributed by atoms with van der Waals surface area (Å²) in [6, 6.07) is -0.439. The molecule has 2 saturated heterocycles. The van der Waals surface area contributed by atoms with Crippen molar-refractivity contribution in [3.05, 3.63) is 0 Å². The molecule has 2 amide bonds. The van der Waals surface area contributed by atoms with E-state index in [4.69, 9.17) is 0 Å². The van der Waals surface area contributed by atoms with E-state index in [1.807, 2.05) is 44.4 Å². The summed E-state index contributed by atoms with van der Waals surface area (Å²) in [7, 11) is 0. The van der Waals surface area contributed by atoms with Gasteiger partial charge in [-0.05, 0) is 36.2 Å². The van der Waals surface area contributed by atoms with Crippen LogP contribution in [-0.2, 0) is 9.59 Å². The Kier molecular flexibility index (Phi) is 4.67. The molecule has 2 aliphatic heterocycles. The second kappa shape index (κ2) is 5.96. The van der Waals surface area contributed by atoms with E-state index in [9.17, 15) is 9.59 Å². The summed E-state index contributed by atoms with van der Waals surface area (Å²) in [5.41, 5.74) is -0.243. The first kappa shape index (κ1) is 15.7. The van der Waals surface area contributed by atoms with E-state index >= 15 is 0 Å². The average molecular weight is 298 g/mol. The molecular weight excluding hydrogens is 272 g/mol. The quantitative estimate of drug-likeness (QED) is 0.848. The normalized spacial score (nSPS) is 29.5. The number of piperazine rings is 1. The third-order valence-corrected chi connectivity index (χ3v) is 5.31. The maximum atomic E-state index is 12.9. The fraction of sp³-hybridized carbons (Fsp3) is 0.867. The van der Waals surface area contributed by atoms with E-state index in [-0.39, 0.29) is 29.3 Å². The van der Waals surface area contributed by atoms with Crippen molar-refractivity contribution in [3.8, 4) is 0 Å². The number of rotatable bonds is 2. The van der Waals surface area contributed by atoms with Crippen molar-refractivity contribution in [2.24, 2.45) is 5.41 Å². The second-order valence-electron chi connectivity index (χ2n) is 6.82. The van der Waals surface area contributed by atoms with Gasteiger partial charge in [0, 0.05) is 6.04 Å². The molecule has 2 fully saturated rings. The fourth-order valence-electron chi connectivity index (χ4n) is 3.10. The van der Waals surface area contributed by atoms with Crippen molar-refractivity contribution in [1.29, 1.82) is 0 Å². The third kappa shape index (κ3) is 2.97. The minimum absolute atomic E-state index is 0.0188. The topological polar surface area (TPSA) is 49.4 Å². The van der Waals surface area contributed by atoms with Crippen LogP contribution in [0.3, 0.4) is 0 Å². The van der Waals surface area contributed by atoms with Gasteiger partial charge in [0.1, 0.15) is 12.1 Å². The summed E-state index contributed by atoms with van der Waals surface area (Å²) < 4.78 is 0. The van der Waals surface area contributed by atoms with Crippen LogP contribution in [0.15, 0.2) is 0 Å². The van der Waals surface area contributed by atoms with E-state index in [0.717, 1.165) is 24.3 Å². The monoisotopic (exact) mass is 298 g/mol. The van der Waals surface area contributed by atoms with Crippen LogP contribution in [0.5, 0.6) is 0 Å². The third-order valence-electron chi connectivity index (χ3n) is 4.26. The zero-order chi connectivity index (χ0) is 14.9. The zero-order valence-corrected chi connectivity index (χ0v) is 13.8. The molecule has 0 saturated carbocycles. The molecule has 0 radical (unpaired) electrons. The van der Waals surface area contributed by atoms with E-state index < -0.39 is 6.04 Å². The molecule has 0 spiro atoms. The number of nitrogens with zero attached hydrogens (tertiary/aromatic N) is 1. The molecular formula is C15H26N2O2S. The van der Waals surface area contributed by atoms with Crippen LogP contribution in [0.2, 0.25) is 0 Å². The maximum Gasteiger partial charge on any atom is 0.246 e. The molecule has 2 atom stereocenters. The Labute approximate surface area is 126 Å². The van der Waals surface area contributed by atoms with Gasteiger partial charge in [0.25, 0.3) is 0 Å². The summed E-state index contributed by atoms with van der Waals surface area (Å²) in [4.78, 5) is 27.2. The SMILES string of the molecule is CCC1C(=O)NC(C(C)(C)C)C(=O)N1C1CCSCC1. The van der Waals surface area contributed by atoms with Gasteiger partial charge >= 0.3 is 0 Å². The van der Waals surface area contributed by atoms with Gasteiger partial charge in [-0.2, -0.15) is 11.8 Å². The highest BCUT2D eigenvalue weighted by molar-refractivity contribution is 7.99. The van der Waals surface area contributed by atoms with Gasteiger partial charge in [0.2, 0.25) is 11.8 Å². The lowest BCUT2D eigenvalue weighted by Crippen LogP contribution is -2.68. The minimum atomic E-state index is -0.396. The number of nitrogens with one attached hydrogen (secondary N) is 1. The Morgan fingerprint density at radius 2 is 1.85 bits per heavy atom. The van der Waals surface area contributed by atoms with Gasteiger partial charge in [-0.3, -0.25) is 9.59 Å². The predicted octanol–water partition coefficient (Wildman–Crippen LogP) is 2.03. The fourth-order valence-corrected chi connectivity index (χ4v) is 4.18. The molecule has 0 aliphatic carbocycles. The lowest BCUT2D eigenvalue weighted by Gasteiger charge is -2.47. The molecule has 2 heterocycles. The highest BCUT2D eigenvalue weighted by atomic mass is 32.2. The van der Waals surface area contributed by atoms with Crippen LogP contribution >= 0.6 is 11.8 Å². The van der Waals surface area contributed by atoms with E-state index in [0.29, 0.717) is 6.42 Å². The van der Waals surface area contributed by atoms with Crippen molar-refractivity contribution in [3.63, 3.8) is 0 Å². The van der Waals surface area contributed by atoms with E-state index in [1.54, 1.807) is 0 Å². The van der Waals surface area contributed by atoms with Crippen LogP contribution in [0.1, 0.15) is 47.0 Å². The number of carbonyl (C=O) groups excluding carboxylic acids is 2. The van der Waals surface area contributed by atoms with Crippen molar-refractivity contribution in [1.82, 2.24) is 10.2 Å². The van der Waals surface area contributed by atoms with Crippen molar-refractivity contribution in [2.75, 3.05) is 11.5 Å². The van der Waals surface area contributed by atoms with Crippen molar-refractivity contribution >= 4 is 23.6 Å². The van der Waals surface area contributed by atoms with Crippen LogP contribution in [0.25, 0.3) is 0 Å². The molecule has 5 heteroatoms.